The first-order valence-electron chi connectivity index (χ1n) is 5.54. The molecule has 0 radical (unpaired) electrons. The number of hydrogen-bond donors (Lipinski definition) is 0. The fourth-order valence-electron chi connectivity index (χ4n) is 1.49. The van der Waals surface area contributed by atoms with E-state index in [0.717, 1.165) is 5.76 Å². The third-order valence-corrected chi connectivity index (χ3v) is 3.41. The number of thioether (sulfide) groups is 1. The second-order valence-corrected chi connectivity index (χ2v) is 4.78. The van der Waals surface area contributed by atoms with Crippen LogP contribution in [0.2, 0.25) is 0 Å². The van der Waals surface area contributed by atoms with Gasteiger partial charge in [-0.25, -0.2) is 0 Å². The van der Waals surface area contributed by atoms with E-state index in [-0.39, 0.29) is 11.5 Å². The van der Waals surface area contributed by atoms with Crippen molar-refractivity contribution in [1.82, 2.24) is 0 Å². The van der Waals surface area contributed by atoms with Gasteiger partial charge in [0, 0.05) is 17.7 Å². The summed E-state index contributed by atoms with van der Waals surface area (Å²) in [6, 6.07) is 9.29. The molecule has 1 aromatic heterocycles. The number of nitro groups is 1. The first-order chi connectivity index (χ1) is 9.16. The van der Waals surface area contributed by atoms with Gasteiger partial charge < -0.3 is 4.42 Å². The van der Waals surface area contributed by atoms with Crippen LogP contribution < -0.4 is 0 Å². The van der Waals surface area contributed by atoms with E-state index >= 15 is 0 Å². The Kier molecular flexibility index (Phi) is 4.35. The standard InChI is InChI=1S/C13H11NO4S/c15-13(9-19-8-12-2-1-7-18-12)10-3-5-11(6-4-10)14(16)17/h1-7H,8-9H2. The number of rotatable bonds is 6. The minimum atomic E-state index is -0.486. The van der Waals surface area contributed by atoms with Crippen LogP contribution in [-0.2, 0) is 5.75 Å². The zero-order valence-corrected chi connectivity index (χ0v) is 10.8. The Labute approximate surface area is 113 Å². The molecule has 98 valence electrons. The molecule has 0 N–H and O–H groups in total. The van der Waals surface area contributed by atoms with Gasteiger partial charge in [-0.2, -0.15) is 0 Å². The summed E-state index contributed by atoms with van der Waals surface area (Å²) >= 11 is 1.45. The molecular weight excluding hydrogens is 266 g/mol. The Balaban J connectivity index is 1.87. The summed E-state index contributed by atoms with van der Waals surface area (Å²) < 4.78 is 5.16. The SMILES string of the molecule is O=C(CSCc1ccco1)c1ccc([N+](=O)[O-])cc1. The van der Waals surface area contributed by atoms with Crippen molar-refractivity contribution in [1.29, 1.82) is 0 Å². The van der Waals surface area contributed by atoms with E-state index in [1.165, 1.54) is 36.0 Å². The van der Waals surface area contributed by atoms with E-state index in [9.17, 15) is 14.9 Å². The predicted octanol–water partition coefficient (Wildman–Crippen LogP) is 3.30. The van der Waals surface area contributed by atoms with Crippen molar-refractivity contribution in [3.8, 4) is 0 Å². The molecule has 0 unspecified atom stereocenters. The maximum Gasteiger partial charge on any atom is 0.269 e. The lowest BCUT2D eigenvalue weighted by Gasteiger charge is -2.00. The fraction of sp³-hybridized carbons (Fsp3) is 0.154. The van der Waals surface area contributed by atoms with E-state index in [1.807, 2.05) is 6.07 Å². The molecule has 1 heterocycles. The normalized spacial score (nSPS) is 10.3. The number of ketones is 1. The number of Topliss-reactive ketones (excluding diaryl/α,β-unsaturated/α-hetero) is 1. The molecule has 0 amide bonds. The molecule has 5 nitrogen and oxygen atoms in total. The molecule has 0 saturated carbocycles. The molecule has 0 saturated heterocycles. The highest BCUT2D eigenvalue weighted by Gasteiger charge is 2.09. The van der Waals surface area contributed by atoms with Crippen LogP contribution in [0.1, 0.15) is 16.1 Å². The number of benzene rings is 1. The average molecular weight is 277 g/mol. The summed E-state index contributed by atoms with van der Waals surface area (Å²) in [5.74, 6) is 1.72. The first kappa shape index (κ1) is 13.4. The minimum Gasteiger partial charge on any atom is -0.468 e. The number of hydrogen-bond acceptors (Lipinski definition) is 5. The summed E-state index contributed by atoms with van der Waals surface area (Å²) in [4.78, 5) is 21.8. The maximum atomic E-state index is 11.8. The molecule has 0 spiro atoms. The zero-order valence-electron chi connectivity index (χ0n) is 9.94. The van der Waals surface area contributed by atoms with Gasteiger partial charge in [-0.3, -0.25) is 14.9 Å². The highest BCUT2D eigenvalue weighted by Crippen LogP contribution is 2.16. The van der Waals surface area contributed by atoms with Crippen LogP contribution in [0.5, 0.6) is 0 Å². The van der Waals surface area contributed by atoms with Gasteiger partial charge in [0.05, 0.1) is 22.7 Å². The molecule has 0 atom stereocenters. The van der Waals surface area contributed by atoms with Gasteiger partial charge in [-0.1, -0.05) is 0 Å². The van der Waals surface area contributed by atoms with Crippen LogP contribution >= 0.6 is 11.8 Å². The first-order valence-corrected chi connectivity index (χ1v) is 6.70. The quantitative estimate of drug-likeness (QED) is 0.460. The van der Waals surface area contributed by atoms with Crippen LogP contribution in [0.25, 0.3) is 0 Å². The second-order valence-electron chi connectivity index (χ2n) is 3.80. The second kappa shape index (κ2) is 6.19. The Morgan fingerprint density at radius 3 is 2.58 bits per heavy atom. The van der Waals surface area contributed by atoms with Gasteiger partial charge >= 0.3 is 0 Å². The number of non-ortho nitro benzene ring substituents is 1. The smallest absolute Gasteiger partial charge is 0.269 e. The van der Waals surface area contributed by atoms with E-state index in [0.29, 0.717) is 17.1 Å². The van der Waals surface area contributed by atoms with E-state index in [4.69, 9.17) is 4.42 Å². The number of nitrogens with zero attached hydrogens (tertiary/aromatic N) is 1. The number of furan rings is 1. The molecule has 0 fully saturated rings. The molecule has 0 bridgehead atoms. The highest BCUT2D eigenvalue weighted by atomic mass is 32.2. The van der Waals surface area contributed by atoms with Gasteiger partial charge in [0.15, 0.2) is 5.78 Å². The van der Waals surface area contributed by atoms with E-state index < -0.39 is 4.92 Å². The van der Waals surface area contributed by atoms with Crippen LogP contribution in [0.3, 0.4) is 0 Å². The van der Waals surface area contributed by atoms with Gasteiger partial charge in [0.2, 0.25) is 0 Å². The molecule has 0 aliphatic rings. The predicted molar refractivity (Wildman–Crippen MR) is 72.3 cm³/mol. The van der Waals surface area contributed by atoms with Crippen molar-refractivity contribution in [2.24, 2.45) is 0 Å². The molecule has 6 heteroatoms. The fourth-order valence-corrected chi connectivity index (χ4v) is 2.31. The van der Waals surface area contributed by atoms with Crippen molar-refractivity contribution >= 4 is 23.2 Å². The lowest BCUT2D eigenvalue weighted by Crippen LogP contribution is -2.02. The lowest BCUT2D eigenvalue weighted by molar-refractivity contribution is -0.384. The van der Waals surface area contributed by atoms with Crippen LogP contribution in [0.15, 0.2) is 47.1 Å². The van der Waals surface area contributed by atoms with Crippen molar-refractivity contribution < 1.29 is 14.1 Å². The zero-order chi connectivity index (χ0) is 13.7. The average Bonchev–Trinajstić information content (AvgIpc) is 2.92. The maximum absolute atomic E-state index is 11.8. The summed E-state index contributed by atoms with van der Waals surface area (Å²) in [6.07, 6.45) is 1.59. The van der Waals surface area contributed by atoms with Gasteiger partial charge in [0.1, 0.15) is 5.76 Å². The van der Waals surface area contributed by atoms with Crippen LogP contribution in [-0.4, -0.2) is 16.5 Å². The largest absolute Gasteiger partial charge is 0.468 e. The third kappa shape index (κ3) is 3.69. The molecule has 0 aliphatic carbocycles. The molecule has 0 aliphatic heterocycles. The highest BCUT2D eigenvalue weighted by molar-refractivity contribution is 7.99. The molecule has 19 heavy (non-hydrogen) atoms. The molecular formula is C13H11NO4S. The van der Waals surface area contributed by atoms with Gasteiger partial charge in [0.25, 0.3) is 5.69 Å². The topological polar surface area (TPSA) is 73.3 Å². The van der Waals surface area contributed by atoms with Gasteiger partial charge in [-0.15, -0.1) is 11.8 Å². The summed E-state index contributed by atoms with van der Waals surface area (Å²) in [5.41, 5.74) is 0.470. The summed E-state index contributed by atoms with van der Waals surface area (Å²) in [5, 5.41) is 10.5. The number of nitro benzene ring substituents is 1. The molecule has 2 aromatic rings. The lowest BCUT2D eigenvalue weighted by atomic mass is 10.1. The van der Waals surface area contributed by atoms with Crippen molar-refractivity contribution in [3.05, 3.63) is 64.1 Å². The van der Waals surface area contributed by atoms with E-state index in [1.54, 1.807) is 12.3 Å². The monoisotopic (exact) mass is 277 g/mol. The van der Waals surface area contributed by atoms with Crippen molar-refractivity contribution in [2.75, 3.05) is 5.75 Å². The Morgan fingerprint density at radius 1 is 1.26 bits per heavy atom. The summed E-state index contributed by atoms with van der Waals surface area (Å²) in [7, 11) is 0. The molecule has 1 aromatic carbocycles. The van der Waals surface area contributed by atoms with Crippen molar-refractivity contribution in [2.45, 2.75) is 5.75 Å². The molecule has 2 rings (SSSR count). The van der Waals surface area contributed by atoms with Gasteiger partial charge in [-0.05, 0) is 24.3 Å². The summed E-state index contributed by atoms with van der Waals surface area (Å²) in [6.45, 7) is 0. The Bertz CT molecular complexity index is 563. The number of carbonyl (C=O) groups is 1. The Hall–Kier alpha value is -2.08. The Morgan fingerprint density at radius 2 is 2.00 bits per heavy atom. The van der Waals surface area contributed by atoms with Crippen molar-refractivity contribution in [3.63, 3.8) is 0 Å². The van der Waals surface area contributed by atoms with Crippen LogP contribution in [0.4, 0.5) is 5.69 Å². The number of carbonyl (C=O) groups excluding carboxylic acids is 1. The third-order valence-electron chi connectivity index (χ3n) is 2.46. The minimum absolute atomic E-state index is 0.0141. The van der Waals surface area contributed by atoms with Crippen LogP contribution in [0, 0.1) is 10.1 Å². The van der Waals surface area contributed by atoms with E-state index in [2.05, 4.69) is 0 Å².